The van der Waals surface area contributed by atoms with Gasteiger partial charge in [-0.25, -0.2) is 0 Å². The van der Waals surface area contributed by atoms with E-state index in [2.05, 4.69) is 21.0 Å². The number of aryl methyl sites for hydroxylation is 1. The molecule has 0 saturated carbocycles. The molecule has 1 aromatic heterocycles. The molecular formula is C20H19BrClN3O2. The van der Waals surface area contributed by atoms with Crippen molar-refractivity contribution in [3.8, 4) is 5.75 Å². The summed E-state index contributed by atoms with van der Waals surface area (Å²) in [5.74, 6) is 0.630. The Morgan fingerprint density at radius 1 is 1.26 bits per heavy atom. The Kier molecular flexibility index (Phi) is 6.19. The van der Waals surface area contributed by atoms with E-state index in [0.717, 1.165) is 15.7 Å². The maximum Gasteiger partial charge on any atom is 0.253 e. The standard InChI is InChI=1S/C20H19BrClN3O2/c1-24(12-19-18(21)11-23-25(19)2)20(26)15-6-3-5-14(9-15)13-27-17-8-4-7-16(22)10-17/h3-11H,12-13H2,1-2H3. The van der Waals surface area contributed by atoms with Crippen molar-refractivity contribution in [2.45, 2.75) is 13.2 Å². The number of carbonyl (C=O) groups excluding carboxylic acids is 1. The van der Waals surface area contributed by atoms with Crippen LogP contribution in [0.4, 0.5) is 0 Å². The number of benzene rings is 2. The average molecular weight is 449 g/mol. The van der Waals surface area contributed by atoms with Gasteiger partial charge in [-0.3, -0.25) is 9.48 Å². The maximum atomic E-state index is 12.8. The Hall–Kier alpha value is -2.31. The lowest BCUT2D eigenvalue weighted by Crippen LogP contribution is -2.27. The third kappa shape index (κ3) is 4.90. The molecule has 0 unspecified atom stereocenters. The van der Waals surface area contributed by atoms with E-state index in [-0.39, 0.29) is 5.91 Å². The molecule has 0 radical (unpaired) electrons. The van der Waals surface area contributed by atoms with Crippen molar-refractivity contribution in [1.29, 1.82) is 0 Å². The van der Waals surface area contributed by atoms with Crippen LogP contribution in [0.3, 0.4) is 0 Å². The highest BCUT2D eigenvalue weighted by Crippen LogP contribution is 2.20. The molecule has 5 nitrogen and oxygen atoms in total. The molecule has 0 atom stereocenters. The predicted octanol–water partition coefficient (Wildman–Crippen LogP) is 4.69. The second kappa shape index (κ2) is 8.59. The molecule has 3 rings (SSSR count). The molecule has 2 aromatic carbocycles. The quantitative estimate of drug-likeness (QED) is 0.550. The van der Waals surface area contributed by atoms with Gasteiger partial charge in [0.05, 0.1) is 22.9 Å². The number of amides is 1. The summed E-state index contributed by atoms with van der Waals surface area (Å²) in [7, 11) is 3.63. The van der Waals surface area contributed by atoms with Gasteiger partial charge in [0, 0.05) is 24.7 Å². The second-order valence-corrected chi connectivity index (χ2v) is 7.46. The molecule has 0 saturated heterocycles. The summed E-state index contributed by atoms with van der Waals surface area (Å²) < 4.78 is 8.39. The number of carbonyl (C=O) groups is 1. The summed E-state index contributed by atoms with van der Waals surface area (Å²) in [6.07, 6.45) is 1.72. The van der Waals surface area contributed by atoms with Gasteiger partial charge in [0.25, 0.3) is 5.91 Å². The van der Waals surface area contributed by atoms with Crippen LogP contribution in [0.5, 0.6) is 5.75 Å². The first-order chi connectivity index (χ1) is 12.9. The van der Waals surface area contributed by atoms with Crippen molar-refractivity contribution in [1.82, 2.24) is 14.7 Å². The van der Waals surface area contributed by atoms with Crippen molar-refractivity contribution in [2.75, 3.05) is 7.05 Å². The smallest absolute Gasteiger partial charge is 0.253 e. The molecule has 0 bridgehead atoms. The summed E-state index contributed by atoms with van der Waals surface area (Å²) in [6.45, 7) is 0.817. The van der Waals surface area contributed by atoms with Gasteiger partial charge in [0.15, 0.2) is 0 Å². The summed E-state index contributed by atoms with van der Waals surface area (Å²) >= 11 is 9.43. The van der Waals surface area contributed by atoms with Crippen LogP contribution >= 0.6 is 27.5 Å². The summed E-state index contributed by atoms with van der Waals surface area (Å²) in [5, 5.41) is 4.81. The number of hydrogen-bond acceptors (Lipinski definition) is 3. The summed E-state index contributed by atoms with van der Waals surface area (Å²) in [4.78, 5) is 14.5. The normalized spacial score (nSPS) is 10.7. The molecule has 0 spiro atoms. The molecule has 0 fully saturated rings. The molecule has 0 aliphatic heterocycles. The summed E-state index contributed by atoms with van der Waals surface area (Å²) in [5.41, 5.74) is 2.46. The molecule has 27 heavy (non-hydrogen) atoms. The van der Waals surface area contributed by atoms with Crippen LogP contribution in [-0.4, -0.2) is 27.6 Å². The first kappa shape index (κ1) is 19.5. The minimum absolute atomic E-state index is 0.0623. The van der Waals surface area contributed by atoms with Crippen molar-refractivity contribution < 1.29 is 9.53 Å². The average Bonchev–Trinajstić information content (AvgIpc) is 2.98. The van der Waals surface area contributed by atoms with E-state index in [1.165, 1.54) is 0 Å². The molecule has 0 N–H and O–H groups in total. The van der Waals surface area contributed by atoms with E-state index in [1.54, 1.807) is 41.0 Å². The minimum Gasteiger partial charge on any atom is -0.489 e. The van der Waals surface area contributed by atoms with Crippen molar-refractivity contribution >= 4 is 33.4 Å². The van der Waals surface area contributed by atoms with E-state index in [1.807, 2.05) is 37.4 Å². The van der Waals surface area contributed by atoms with Crippen LogP contribution in [0.1, 0.15) is 21.6 Å². The fraction of sp³-hybridized carbons (Fsp3) is 0.200. The van der Waals surface area contributed by atoms with E-state index >= 15 is 0 Å². The topological polar surface area (TPSA) is 47.4 Å². The Bertz CT molecular complexity index is 938. The van der Waals surface area contributed by atoms with Crippen molar-refractivity contribution in [2.24, 2.45) is 7.05 Å². The molecule has 140 valence electrons. The Morgan fingerprint density at radius 2 is 2.04 bits per heavy atom. The van der Waals surface area contributed by atoms with Gasteiger partial charge in [-0.15, -0.1) is 0 Å². The van der Waals surface area contributed by atoms with Gasteiger partial charge in [0.2, 0.25) is 0 Å². The number of rotatable bonds is 6. The SMILES string of the molecule is CN(Cc1c(Br)cnn1C)C(=O)c1cccc(COc2cccc(Cl)c2)c1. The molecule has 0 aliphatic carbocycles. The number of nitrogens with zero attached hydrogens (tertiary/aromatic N) is 3. The molecule has 1 heterocycles. The van der Waals surface area contributed by atoms with Crippen LogP contribution in [0, 0.1) is 0 Å². The Balaban J connectivity index is 1.67. The minimum atomic E-state index is -0.0623. The van der Waals surface area contributed by atoms with Crippen LogP contribution in [0.15, 0.2) is 59.2 Å². The van der Waals surface area contributed by atoms with Crippen LogP contribution < -0.4 is 4.74 Å². The number of halogens is 2. The second-order valence-electron chi connectivity index (χ2n) is 6.17. The van der Waals surface area contributed by atoms with E-state index in [4.69, 9.17) is 16.3 Å². The highest BCUT2D eigenvalue weighted by molar-refractivity contribution is 9.10. The lowest BCUT2D eigenvalue weighted by Gasteiger charge is -2.18. The molecule has 1 amide bonds. The highest BCUT2D eigenvalue weighted by Gasteiger charge is 2.16. The van der Waals surface area contributed by atoms with Gasteiger partial charge in [-0.1, -0.05) is 29.8 Å². The lowest BCUT2D eigenvalue weighted by atomic mass is 10.1. The van der Waals surface area contributed by atoms with Gasteiger partial charge in [-0.2, -0.15) is 5.10 Å². The lowest BCUT2D eigenvalue weighted by molar-refractivity contribution is 0.0781. The molecule has 7 heteroatoms. The van der Waals surface area contributed by atoms with Crippen LogP contribution in [0.25, 0.3) is 0 Å². The van der Waals surface area contributed by atoms with Crippen LogP contribution in [-0.2, 0) is 20.2 Å². The highest BCUT2D eigenvalue weighted by atomic mass is 79.9. The van der Waals surface area contributed by atoms with Gasteiger partial charge >= 0.3 is 0 Å². The Labute approximate surface area is 171 Å². The largest absolute Gasteiger partial charge is 0.489 e. The molecule has 3 aromatic rings. The van der Waals surface area contributed by atoms with E-state index in [9.17, 15) is 4.79 Å². The number of aromatic nitrogens is 2. The first-order valence-corrected chi connectivity index (χ1v) is 9.50. The fourth-order valence-electron chi connectivity index (χ4n) is 2.65. The zero-order chi connectivity index (χ0) is 19.4. The third-order valence-electron chi connectivity index (χ3n) is 4.12. The first-order valence-electron chi connectivity index (χ1n) is 8.33. The van der Waals surface area contributed by atoms with Crippen LogP contribution in [0.2, 0.25) is 5.02 Å². The van der Waals surface area contributed by atoms with Crippen molar-refractivity contribution in [3.63, 3.8) is 0 Å². The van der Waals surface area contributed by atoms with Gasteiger partial charge < -0.3 is 9.64 Å². The zero-order valence-electron chi connectivity index (χ0n) is 15.0. The predicted molar refractivity (Wildman–Crippen MR) is 109 cm³/mol. The Morgan fingerprint density at radius 3 is 2.74 bits per heavy atom. The van der Waals surface area contributed by atoms with E-state index < -0.39 is 0 Å². The zero-order valence-corrected chi connectivity index (χ0v) is 17.4. The fourth-order valence-corrected chi connectivity index (χ4v) is 3.30. The third-order valence-corrected chi connectivity index (χ3v) is 5.02. The number of hydrogen-bond donors (Lipinski definition) is 0. The summed E-state index contributed by atoms with van der Waals surface area (Å²) in [6, 6.07) is 14.7. The van der Waals surface area contributed by atoms with E-state index in [0.29, 0.717) is 29.5 Å². The van der Waals surface area contributed by atoms with Gasteiger partial charge in [-0.05, 0) is 51.8 Å². The maximum absolute atomic E-state index is 12.8. The van der Waals surface area contributed by atoms with Crippen molar-refractivity contribution in [3.05, 3.63) is 81.0 Å². The number of ether oxygens (including phenoxy) is 1. The molecule has 0 aliphatic rings. The monoisotopic (exact) mass is 447 g/mol. The molecular weight excluding hydrogens is 430 g/mol. The van der Waals surface area contributed by atoms with Gasteiger partial charge in [0.1, 0.15) is 12.4 Å².